The van der Waals surface area contributed by atoms with E-state index in [4.69, 9.17) is 29.9 Å². The van der Waals surface area contributed by atoms with E-state index in [2.05, 4.69) is 62.4 Å². The number of aliphatic imine (C=N–C) groups is 1. The fourth-order valence-electron chi connectivity index (χ4n) is 7.90. The van der Waals surface area contributed by atoms with Crippen molar-refractivity contribution in [2.45, 2.75) is 43.9 Å². The van der Waals surface area contributed by atoms with Gasteiger partial charge in [-0.3, -0.25) is 19.9 Å². The quantitative estimate of drug-likeness (QED) is 0.169. The molecule has 10 rings (SSSR count). The zero-order valence-electron chi connectivity index (χ0n) is 28.8. The highest BCUT2D eigenvalue weighted by molar-refractivity contribution is 5.86. The van der Waals surface area contributed by atoms with Crippen molar-refractivity contribution in [1.29, 1.82) is 0 Å². The predicted molar refractivity (Wildman–Crippen MR) is 204 cm³/mol. The largest absolute Gasteiger partial charge is 0.258 e. The molecule has 0 N–H and O–H groups in total. The van der Waals surface area contributed by atoms with E-state index in [9.17, 15) is 0 Å². The van der Waals surface area contributed by atoms with Crippen molar-refractivity contribution in [1.82, 2.24) is 44.9 Å². The molecule has 1 fully saturated rings. The zero-order chi connectivity index (χ0) is 35.2. The number of rotatable bonds is 6. The van der Waals surface area contributed by atoms with Gasteiger partial charge in [-0.25, -0.2) is 29.9 Å². The molecule has 7 aromatic rings. The maximum Gasteiger partial charge on any atom is 0.182 e. The normalized spacial score (nSPS) is 15.3. The van der Waals surface area contributed by atoms with Crippen LogP contribution in [0.3, 0.4) is 0 Å². The van der Waals surface area contributed by atoms with Gasteiger partial charge in [-0.2, -0.15) is 0 Å². The van der Waals surface area contributed by atoms with Crippen LogP contribution < -0.4 is 0 Å². The minimum atomic E-state index is -0.146. The lowest BCUT2D eigenvalue weighted by Crippen LogP contribution is -2.20. The molecule has 1 saturated carbocycles. The lowest BCUT2D eigenvalue weighted by Gasteiger charge is -2.27. The first kappa shape index (κ1) is 31.1. The number of aromatic nitrogens is 9. The summed E-state index contributed by atoms with van der Waals surface area (Å²) in [5.74, 6) is 3.31. The van der Waals surface area contributed by atoms with E-state index in [0.717, 1.165) is 55.3 Å². The Hall–Kier alpha value is -6.68. The van der Waals surface area contributed by atoms with Gasteiger partial charge in [0.2, 0.25) is 0 Å². The summed E-state index contributed by atoms with van der Waals surface area (Å²) in [6.07, 6.45) is 15.5. The number of benzene rings is 2. The third-order valence-electron chi connectivity index (χ3n) is 10.4. The Labute approximate surface area is 306 Å². The fraction of sp³-hybridized carbons (Fsp3) is 0.163. The van der Waals surface area contributed by atoms with E-state index in [1.165, 1.54) is 22.3 Å². The molecule has 3 aliphatic rings. The summed E-state index contributed by atoms with van der Waals surface area (Å²) in [5, 5.41) is 0. The number of allylic oxidation sites excluding steroid dienone is 1. The van der Waals surface area contributed by atoms with Crippen LogP contribution in [0.1, 0.15) is 55.5 Å². The van der Waals surface area contributed by atoms with Gasteiger partial charge in [-0.05, 0) is 96.5 Å². The minimum Gasteiger partial charge on any atom is -0.258 e. The molecule has 2 aliphatic carbocycles. The molecule has 10 nitrogen and oxygen atoms in total. The third-order valence-corrected chi connectivity index (χ3v) is 10.4. The van der Waals surface area contributed by atoms with Gasteiger partial charge in [0.25, 0.3) is 0 Å². The van der Waals surface area contributed by atoms with Crippen molar-refractivity contribution < 1.29 is 0 Å². The van der Waals surface area contributed by atoms with Crippen molar-refractivity contribution in [3.8, 4) is 68.5 Å². The lowest BCUT2D eigenvalue weighted by molar-refractivity contribution is 0.550. The molecule has 10 heteroatoms. The second-order valence-electron chi connectivity index (χ2n) is 13.5. The molecule has 0 bridgehead atoms. The highest BCUT2D eigenvalue weighted by atomic mass is 15.1. The maximum atomic E-state index is 5.00. The van der Waals surface area contributed by atoms with Gasteiger partial charge >= 0.3 is 0 Å². The number of pyridine rings is 3. The molecule has 1 aliphatic heterocycles. The molecular formula is C43H32N10. The molecule has 0 unspecified atom stereocenters. The highest BCUT2D eigenvalue weighted by Crippen LogP contribution is 2.58. The van der Waals surface area contributed by atoms with Crippen molar-refractivity contribution in [3.63, 3.8) is 0 Å². The van der Waals surface area contributed by atoms with Gasteiger partial charge in [0.05, 0.1) is 0 Å². The molecule has 53 heavy (non-hydrogen) atoms. The Balaban J connectivity index is 1.09. The monoisotopic (exact) mass is 688 g/mol. The number of fused-ring (bicyclic) bond motifs is 5. The van der Waals surface area contributed by atoms with Crippen LogP contribution in [0, 0.1) is 0 Å². The molecule has 0 radical (unpaired) electrons. The van der Waals surface area contributed by atoms with Gasteiger partial charge < -0.3 is 0 Å². The summed E-state index contributed by atoms with van der Waals surface area (Å²) in [4.78, 5) is 47.8. The van der Waals surface area contributed by atoms with Crippen molar-refractivity contribution in [2.75, 3.05) is 0 Å². The van der Waals surface area contributed by atoms with Crippen LogP contribution in [0.25, 0.3) is 74.2 Å². The van der Waals surface area contributed by atoms with E-state index >= 15 is 0 Å². The van der Waals surface area contributed by atoms with Gasteiger partial charge in [-0.15, -0.1) is 0 Å². The highest BCUT2D eigenvalue weighted by Gasteiger charge is 2.45. The standard InChI is InChI=1S/C43H32N10/c1-7-21-44-33(11-1)39-48-37(49-40(52-39)34-12-2-8-22-45-34)27-15-17-29-30-18-16-28(26-32(30)43(31(29)25-27)19-5-6-20-43)38-50-41(35-13-3-9-23-46-35)53-42(51-38)36-14-4-10-24-47-36/h1-3,7-9,11-18,21-26H,4-6,10,19-20H2. The predicted octanol–water partition coefficient (Wildman–Crippen LogP) is 8.62. The van der Waals surface area contributed by atoms with E-state index in [0.29, 0.717) is 52.0 Å². The van der Waals surface area contributed by atoms with Crippen molar-refractivity contribution in [2.24, 2.45) is 4.99 Å². The summed E-state index contributed by atoms with van der Waals surface area (Å²) in [6.45, 7) is 0. The first-order valence-corrected chi connectivity index (χ1v) is 18.0. The van der Waals surface area contributed by atoms with Gasteiger partial charge in [0.1, 0.15) is 22.8 Å². The number of hydrogen-bond donors (Lipinski definition) is 0. The SMILES string of the molecule is C1=NC(c2nc(-c3ccc4c(c3)C3(CCCC3)c3cc(-c5nc(-c6ccccn6)nc(-c6ccccn6)n5)ccc3-4)nc(-c3ccccn3)n2)=CCC1. The van der Waals surface area contributed by atoms with Crippen LogP contribution in [0.4, 0.5) is 0 Å². The fourth-order valence-corrected chi connectivity index (χ4v) is 7.90. The van der Waals surface area contributed by atoms with Crippen LogP contribution in [0.5, 0.6) is 0 Å². The van der Waals surface area contributed by atoms with E-state index in [-0.39, 0.29) is 5.41 Å². The average molecular weight is 689 g/mol. The minimum absolute atomic E-state index is 0.146. The van der Waals surface area contributed by atoms with Crippen LogP contribution in [0.15, 0.2) is 121 Å². The van der Waals surface area contributed by atoms with E-state index < -0.39 is 0 Å². The Morgan fingerprint density at radius 1 is 0.453 bits per heavy atom. The zero-order valence-corrected chi connectivity index (χ0v) is 28.8. The Morgan fingerprint density at radius 3 is 1.38 bits per heavy atom. The molecule has 0 amide bonds. The summed E-state index contributed by atoms with van der Waals surface area (Å²) >= 11 is 0. The van der Waals surface area contributed by atoms with Gasteiger partial charge in [0.15, 0.2) is 34.9 Å². The average Bonchev–Trinajstić information content (AvgIpc) is 3.85. The third kappa shape index (κ3) is 5.50. The molecule has 254 valence electrons. The van der Waals surface area contributed by atoms with Crippen molar-refractivity contribution in [3.05, 3.63) is 133 Å². The Bertz CT molecular complexity index is 2510. The van der Waals surface area contributed by atoms with Crippen LogP contribution >= 0.6 is 0 Å². The first-order valence-electron chi connectivity index (χ1n) is 18.0. The molecule has 6 heterocycles. The van der Waals surface area contributed by atoms with E-state index in [1.807, 2.05) is 60.8 Å². The first-order chi connectivity index (χ1) is 26.2. The Morgan fingerprint density at radius 2 is 0.925 bits per heavy atom. The number of nitrogens with zero attached hydrogens (tertiary/aromatic N) is 10. The topological polar surface area (TPSA) is 128 Å². The summed E-state index contributed by atoms with van der Waals surface area (Å²) < 4.78 is 0. The van der Waals surface area contributed by atoms with Gasteiger partial charge in [0, 0.05) is 41.3 Å². The second-order valence-corrected chi connectivity index (χ2v) is 13.5. The molecule has 1 spiro atoms. The van der Waals surface area contributed by atoms with Crippen LogP contribution in [-0.4, -0.2) is 51.1 Å². The summed E-state index contributed by atoms with van der Waals surface area (Å²) in [6, 6.07) is 30.6. The molecule has 2 aromatic carbocycles. The van der Waals surface area contributed by atoms with Crippen LogP contribution in [0.2, 0.25) is 0 Å². The van der Waals surface area contributed by atoms with Crippen molar-refractivity contribution >= 4 is 11.9 Å². The number of hydrogen-bond acceptors (Lipinski definition) is 10. The van der Waals surface area contributed by atoms with Gasteiger partial charge in [-0.1, -0.05) is 61.4 Å². The molecule has 0 saturated heterocycles. The summed E-state index contributed by atoms with van der Waals surface area (Å²) in [5.41, 5.74) is 9.67. The van der Waals surface area contributed by atoms with E-state index in [1.54, 1.807) is 18.6 Å². The Kier molecular flexibility index (Phi) is 7.52. The van der Waals surface area contributed by atoms with Crippen LogP contribution in [-0.2, 0) is 5.41 Å². The molecule has 5 aromatic heterocycles. The molecular weight excluding hydrogens is 657 g/mol. The maximum absolute atomic E-state index is 5.00. The lowest BCUT2D eigenvalue weighted by atomic mass is 9.76. The smallest absolute Gasteiger partial charge is 0.182 e. The second kappa shape index (κ2) is 12.8. The molecule has 0 atom stereocenters. The summed E-state index contributed by atoms with van der Waals surface area (Å²) in [7, 11) is 0.